The standard InChI is InChI=1S/C23H23FN2O3S/c1-16-7-6-8-17(2)22(16)25-23(27)21(15-18-9-4-3-5-10-18)26-30(28,29)20-13-11-19(24)12-14-20/h3-14,21,26H,15H2,1-2H3,(H,25,27)/t21-/m1/s1. The smallest absolute Gasteiger partial charge is 0.242 e. The molecule has 5 nitrogen and oxygen atoms in total. The summed E-state index contributed by atoms with van der Waals surface area (Å²) in [4.78, 5) is 13.0. The molecule has 0 heterocycles. The van der Waals surface area contributed by atoms with Crippen LogP contribution < -0.4 is 10.0 Å². The predicted octanol–water partition coefficient (Wildman–Crippen LogP) is 3.97. The number of amides is 1. The van der Waals surface area contributed by atoms with Crippen molar-refractivity contribution in [3.8, 4) is 0 Å². The van der Waals surface area contributed by atoms with E-state index >= 15 is 0 Å². The zero-order valence-corrected chi connectivity index (χ0v) is 17.5. The highest BCUT2D eigenvalue weighted by atomic mass is 32.2. The van der Waals surface area contributed by atoms with Gasteiger partial charge in [0.2, 0.25) is 15.9 Å². The molecule has 1 amide bonds. The van der Waals surface area contributed by atoms with Gasteiger partial charge in [-0.1, -0.05) is 48.5 Å². The van der Waals surface area contributed by atoms with Gasteiger partial charge in [-0.05, 0) is 61.2 Å². The van der Waals surface area contributed by atoms with Crippen molar-refractivity contribution in [2.75, 3.05) is 5.32 Å². The average molecular weight is 427 g/mol. The van der Waals surface area contributed by atoms with Crippen molar-refractivity contribution in [2.45, 2.75) is 31.2 Å². The van der Waals surface area contributed by atoms with E-state index in [2.05, 4.69) is 10.0 Å². The van der Waals surface area contributed by atoms with Crippen LogP contribution in [0.15, 0.2) is 77.7 Å². The van der Waals surface area contributed by atoms with Crippen LogP contribution in [0.2, 0.25) is 0 Å². The molecule has 7 heteroatoms. The first-order valence-electron chi connectivity index (χ1n) is 9.45. The molecular weight excluding hydrogens is 403 g/mol. The highest BCUT2D eigenvalue weighted by Crippen LogP contribution is 2.20. The fourth-order valence-corrected chi connectivity index (χ4v) is 4.32. The van der Waals surface area contributed by atoms with E-state index in [1.54, 1.807) is 0 Å². The van der Waals surface area contributed by atoms with Gasteiger partial charge in [-0.25, -0.2) is 12.8 Å². The molecule has 3 rings (SSSR count). The Bertz CT molecular complexity index is 1110. The second-order valence-electron chi connectivity index (χ2n) is 7.07. The number of anilines is 1. The number of aryl methyl sites for hydroxylation is 2. The van der Waals surface area contributed by atoms with Gasteiger partial charge in [0.05, 0.1) is 4.90 Å². The molecule has 3 aromatic rings. The summed E-state index contributed by atoms with van der Waals surface area (Å²) in [7, 11) is -4.03. The monoisotopic (exact) mass is 426 g/mol. The molecule has 0 saturated heterocycles. The van der Waals surface area contributed by atoms with Gasteiger partial charge in [-0.15, -0.1) is 0 Å². The van der Waals surface area contributed by atoms with Crippen molar-refractivity contribution in [3.63, 3.8) is 0 Å². The molecule has 3 aromatic carbocycles. The molecule has 0 radical (unpaired) electrons. The third-order valence-corrected chi connectivity index (χ3v) is 6.24. The molecule has 0 fully saturated rings. The minimum atomic E-state index is -4.03. The Hall–Kier alpha value is -3.03. The number of hydrogen-bond acceptors (Lipinski definition) is 3. The van der Waals surface area contributed by atoms with E-state index in [-0.39, 0.29) is 11.3 Å². The molecule has 2 N–H and O–H groups in total. The van der Waals surface area contributed by atoms with Gasteiger partial charge in [0.15, 0.2) is 0 Å². The van der Waals surface area contributed by atoms with Gasteiger partial charge in [0.1, 0.15) is 11.9 Å². The maximum Gasteiger partial charge on any atom is 0.242 e. The topological polar surface area (TPSA) is 75.3 Å². The first-order valence-corrected chi connectivity index (χ1v) is 10.9. The number of carbonyl (C=O) groups excluding carboxylic acids is 1. The molecule has 30 heavy (non-hydrogen) atoms. The zero-order valence-electron chi connectivity index (χ0n) is 16.7. The minimum absolute atomic E-state index is 0.109. The second-order valence-corrected chi connectivity index (χ2v) is 8.79. The van der Waals surface area contributed by atoms with E-state index in [9.17, 15) is 17.6 Å². The van der Waals surface area contributed by atoms with E-state index in [0.717, 1.165) is 28.8 Å². The van der Waals surface area contributed by atoms with Crippen LogP contribution in [0.4, 0.5) is 10.1 Å². The Kier molecular flexibility index (Phi) is 6.64. The Morgan fingerprint density at radius 1 is 0.900 bits per heavy atom. The van der Waals surface area contributed by atoms with Crippen LogP contribution in [0.25, 0.3) is 0 Å². The molecule has 0 bridgehead atoms. The molecule has 0 aliphatic rings. The lowest BCUT2D eigenvalue weighted by Crippen LogP contribution is -2.45. The van der Waals surface area contributed by atoms with Crippen molar-refractivity contribution < 1.29 is 17.6 Å². The van der Waals surface area contributed by atoms with Gasteiger partial charge >= 0.3 is 0 Å². The molecule has 156 valence electrons. The lowest BCUT2D eigenvalue weighted by Gasteiger charge is -2.20. The van der Waals surface area contributed by atoms with Crippen LogP contribution >= 0.6 is 0 Å². The highest BCUT2D eigenvalue weighted by Gasteiger charge is 2.27. The third-order valence-electron chi connectivity index (χ3n) is 4.75. The number of carbonyl (C=O) groups is 1. The molecule has 0 aliphatic heterocycles. The third kappa shape index (κ3) is 5.31. The average Bonchev–Trinajstić information content (AvgIpc) is 2.71. The van der Waals surface area contributed by atoms with Gasteiger partial charge in [-0.3, -0.25) is 4.79 Å². The normalized spacial score (nSPS) is 12.4. The first kappa shape index (κ1) is 21.7. The summed E-state index contributed by atoms with van der Waals surface area (Å²) in [6.07, 6.45) is 0.165. The number of hydrogen-bond donors (Lipinski definition) is 2. The summed E-state index contributed by atoms with van der Waals surface area (Å²) in [5.41, 5.74) is 3.22. The van der Waals surface area contributed by atoms with E-state index in [1.807, 2.05) is 62.4 Å². The minimum Gasteiger partial charge on any atom is -0.324 e. The van der Waals surface area contributed by atoms with Crippen LogP contribution in [0.3, 0.4) is 0 Å². The Morgan fingerprint density at radius 2 is 1.50 bits per heavy atom. The van der Waals surface area contributed by atoms with E-state index in [0.29, 0.717) is 5.69 Å². The van der Waals surface area contributed by atoms with Crippen LogP contribution in [0, 0.1) is 19.7 Å². The van der Waals surface area contributed by atoms with Crippen LogP contribution in [0.5, 0.6) is 0 Å². The molecule has 0 aromatic heterocycles. The van der Waals surface area contributed by atoms with E-state index in [1.165, 1.54) is 12.1 Å². The first-order chi connectivity index (χ1) is 14.3. The summed E-state index contributed by atoms with van der Waals surface area (Å²) in [6, 6.07) is 18.2. The fourth-order valence-electron chi connectivity index (χ4n) is 3.13. The van der Waals surface area contributed by atoms with Gasteiger partial charge in [-0.2, -0.15) is 4.72 Å². The number of halogens is 1. The van der Waals surface area contributed by atoms with Gasteiger partial charge < -0.3 is 5.32 Å². The molecule has 0 spiro atoms. The summed E-state index contributed by atoms with van der Waals surface area (Å²) in [5.74, 6) is -1.01. The fraction of sp³-hybridized carbons (Fsp3) is 0.174. The number of benzene rings is 3. The van der Waals surface area contributed by atoms with Crippen molar-refractivity contribution in [1.29, 1.82) is 0 Å². The van der Waals surface area contributed by atoms with Crippen LogP contribution in [0.1, 0.15) is 16.7 Å². The van der Waals surface area contributed by atoms with Crippen molar-refractivity contribution >= 4 is 21.6 Å². The van der Waals surface area contributed by atoms with Crippen molar-refractivity contribution in [3.05, 3.63) is 95.3 Å². The Labute approximate surface area is 176 Å². The lowest BCUT2D eigenvalue weighted by atomic mass is 10.0. The van der Waals surface area contributed by atoms with Crippen LogP contribution in [-0.2, 0) is 21.2 Å². The molecule has 1 atom stereocenters. The maximum absolute atomic E-state index is 13.2. The van der Waals surface area contributed by atoms with Gasteiger partial charge in [0, 0.05) is 5.69 Å². The number of sulfonamides is 1. The largest absolute Gasteiger partial charge is 0.324 e. The van der Waals surface area contributed by atoms with E-state index in [4.69, 9.17) is 0 Å². The Balaban J connectivity index is 1.90. The van der Waals surface area contributed by atoms with Gasteiger partial charge in [0.25, 0.3) is 0 Å². The number of nitrogens with one attached hydrogen (secondary N) is 2. The Morgan fingerprint density at radius 3 is 2.10 bits per heavy atom. The molecule has 0 unspecified atom stereocenters. The highest BCUT2D eigenvalue weighted by molar-refractivity contribution is 7.89. The maximum atomic E-state index is 13.2. The molecule has 0 aliphatic carbocycles. The lowest BCUT2D eigenvalue weighted by molar-refractivity contribution is -0.117. The van der Waals surface area contributed by atoms with Crippen molar-refractivity contribution in [2.24, 2.45) is 0 Å². The summed E-state index contributed by atoms with van der Waals surface area (Å²) < 4.78 is 41.3. The quantitative estimate of drug-likeness (QED) is 0.600. The predicted molar refractivity (Wildman–Crippen MR) is 115 cm³/mol. The molecule has 0 saturated carbocycles. The summed E-state index contributed by atoms with van der Waals surface area (Å²) in [6.45, 7) is 3.75. The second kappa shape index (κ2) is 9.19. The van der Waals surface area contributed by atoms with E-state index < -0.39 is 27.8 Å². The molecular formula is C23H23FN2O3S. The summed E-state index contributed by atoms with van der Waals surface area (Å²) in [5, 5.41) is 2.86. The SMILES string of the molecule is Cc1cccc(C)c1NC(=O)[C@@H](Cc1ccccc1)NS(=O)(=O)c1ccc(F)cc1. The number of para-hydroxylation sites is 1. The van der Waals surface area contributed by atoms with Crippen LogP contribution in [-0.4, -0.2) is 20.4 Å². The zero-order chi connectivity index (χ0) is 21.7. The summed E-state index contributed by atoms with van der Waals surface area (Å²) >= 11 is 0. The van der Waals surface area contributed by atoms with Crippen molar-refractivity contribution in [1.82, 2.24) is 4.72 Å². The number of rotatable bonds is 7.